The summed E-state index contributed by atoms with van der Waals surface area (Å²) in [6.07, 6.45) is 1.94. The third-order valence-corrected chi connectivity index (χ3v) is 5.54. The summed E-state index contributed by atoms with van der Waals surface area (Å²) in [7, 11) is 3.82. The molecule has 30 heavy (non-hydrogen) atoms. The zero-order valence-corrected chi connectivity index (χ0v) is 17.8. The van der Waals surface area contributed by atoms with Crippen molar-refractivity contribution in [2.45, 2.75) is 19.3 Å². The van der Waals surface area contributed by atoms with Gasteiger partial charge in [0.2, 0.25) is 5.91 Å². The maximum Gasteiger partial charge on any atom is 0.261 e. The van der Waals surface area contributed by atoms with Crippen LogP contribution < -0.4 is 10.2 Å². The molecule has 3 heterocycles. The minimum absolute atomic E-state index is 0.0109. The highest BCUT2D eigenvalue weighted by atomic mass is 35.5. The van der Waals surface area contributed by atoms with Gasteiger partial charge in [-0.25, -0.2) is 4.98 Å². The number of amides is 2. The first-order valence-electron chi connectivity index (χ1n) is 9.78. The number of hydrogen-bond donors (Lipinski definition) is 1. The number of anilines is 2. The van der Waals surface area contributed by atoms with Crippen LogP contribution in [0.2, 0.25) is 5.02 Å². The van der Waals surface area contributed by atoms with Crippen LogP contribution in [-0.2, 0) is 4.79 Å². The fourth-order valence-electron chi connectivity index (χ4n) is 3.66. The van der Waals surface area contributed by atoms with Gasteiger partial charge in [0.05, 0.1) is 11.9 Å². The summed E-state index contributed by atoms with van der Waals surface area (Å²) in [5.74, 6) is 0.607. The van der Waals surface area contributed by atoms with Crippen molar-refractivity contribution in [1.82, 2.24) is 19.5 Å². The molecule has 1 aliphatic heterocycles. The molecule has 0 bridgehead atoms. The summed E-state index contributed by atoms with van der Waals surface area (Å²) < 4.78 is 1.65. The highest BCUT2D eigenvalue weighted by molar-refractivity contribution is 6.30. The van der Waals surface area contributed by atoms with Gasteiger partial charge >= 0.3 is 0 Å². The van der Waals surface area contributed by atoms with E-state index in [0.29, 0.717) is 41.4 Å². The molecule has 1 aromatic carbocycles. The van der Waals surface area contributed by atoms with Crippen LogP contribution in [0, 0.1) is 0 Å². The Balaban J connectivity index is 1.73. The van der Waals surface area contributed by atoms with Crippen LogP contribution in [-0.4, -0.2) is 58.5 Å². The quantitative estimate of drug-likeness (QED) is 0.678. The van der Waals surface area contributed by atoms with E-state index >= 15 is 0 Å². The Kier molecular flexibility index (Phi) is 5.34. The zero-order valence-electron chi connectivity index (χ0n) is 17.1. The monoisotopic (exact) mass is 426 g/mol. The molecule has 0 spiro atoms. The van der Waals surface area contributed by atoms with E-state index in [1.807, 2.05) is 36.9 Å². The molecule has 1 fully saturated rings. The smallest absolute Gasteiger partial charge is 0.261 e. The number of halogens is 1. The summed E-state index contributed by atoms with van der Waals surface area (Å²) in [6.45, 7) is 3.28. The number of benzene rings is 1. The van der Waals surface area contributed by atoms with Crippen LogP contribution in [0.3, 0.4) is 0 Å². The average Bonchev–Trinajstić information content (AvgIpc) is 3.32. The van der Waals surface area contributed by atoms with Crippen LogP contribution >= 0.6 is 11.6 Å². The number of likely N-dealkylation sites (N-methyl/N-ethyl adjacent to an activating group) is 1. The lowest BCUT2D eigenvalue weighted by atomic mass is 10.0. The lowest BCUT2D eigenvalue weighted by Gasteiger charge is -2.18. The van der Waals surface area contributed by atoms with Crippen molar-refractivity contribution in [3.05, 3.63) is 52.8 Å². The van der Waals surface area contributed by atoms with Gasteiger partial charge in [-0.15, -0.1) is 0 Å². The second kappa shape index (κ2) is 7.95. The van der Waals surface area contributed by atoms with Gasteiger partial charge in [-0.05, 0) is 31.2 Å². The lowest BCUT2D eigenvalue weighted by molar-refractivity contribution is -0.127. The van der Waals surface area contributed by atoms with Gasteiger partial charge in [0.25, 0.3) is 5.91 Å². The summed E-state index contributed by atoms with van der Waals surface area (Å²) in [5, 5.41) is 7.84. The number of fused-ring (bicyclic) bond motifs is 1. The van der Waals surface area contributed by atoms with Crippen molar-refractivity contribution in [3.63, 3.8) is 0 Å². The van der Waals surface area contributed by atoms with Gasteiger partial charge < -0.3 is 15.1 Å². The molecule has 3 aromatic rings. The van der Waals surface area contributed by atoms with Gasteiger partial charge in [0.15, 0.2) is 5.65 Å². The number of carbonyl (C=O) groups is 2. The van der Waals surface area contributed by atoms with E-state index < -0.39 is 0 Å². The number of aromatic nitrogens is 3. The highest BCUT2D eigenvalue weighted by Crippen LogP contribution is 2.30. The number of nitrogens with zero attached hydrogens (tertiary/aromatic N) is 5. The van der Waals surface area contributed by atoms with E-state index in [2.05, 4.69) is 10.4 Å². The molecule has 8 nitrogen and oxygen atoms in total. The molecule has 2 amide bonds. The molecule has 2 aromatic heterocycles. The molecule has 0 saturated carbocycles. The van der Waals surface area contributed by atoms with Crippen molar-refractivity contribution in [2.75, 3.05) is 37.4 Å². The summed E-state index contributed by atoms with van der Waals surface area (Å²) in [6, 6.07) is 8.84. The fourth-order valence-corrected chi connectivity index (χ4v) is 3.79. The van der Waals surface area contributed by atoms with Crippen molar-refractivity contribution < 1.29 is 9.59 Å². The third kappa shape index (κ3) is 3.70. The Bertz CT molecular complexity index is 1110. The van der Waals surface area contributed by atoms with Gasteiger partial charge in [-0.3, -0.25) is 9.59 Å². The zero-order chi connectivity index (χ0) is 21.4. The standard InChI is InChI=1S/C21H23ClN6O2/c1-4-27-12-13(9-19(27)29)17-10-18(26(2)3)28-20(25-17)16(11-23-28)21(30)24-15-7-5-14(22)6-8-15/h5-8,10-11,13H,4,9,12H2,1-3H3,(H,24,30)/t13-/m0/s1. The van der Waals surface area contributed by atoms with E-state index in [9.17, 15) is 9.59 Å². The molecule has 1 N–H and O–H groups in total. The largest absolute Gasteiger partial charge is 0.363 e. The molecule has 4 rings (SSSR count). The van der Waals surface area contributed by atoms with Crippen LogP contribution in [0.1, 0.15) is 35.3 Å². The maximum atomic E-state index is 12.9. The molecule has 156 valence electrons. The topological polar surface area (TPSA) is 82.8 Å². The lowest BCUT2D eigenvalue weighted by Crippen LogP contribution is -2.24. The SMILES string of the molecule is CCN1C[C@@H](c2cc(N(C)C)n3ncc(C(=O)Nc4ccc(Cl)cc4)c3n2)CC1=O. The second-order valence-electron chi connectivity index (χ2n) is 7.52. The second-order valence-corrected chi connectivity index (χ2v) is 7.96. The Morgan fingerprint density at radius 3 is 2.67 bits per heavy atom. The number of carbonyl (C=O) groups excluding carboxylic acids is 2. The van der Waals surface area contributed by atoms with E-state index in [-0.39, 0.29) is 17.7 Å². The molecule has 1 aliphatic rings. The Morgan fingerprint density at radius 2 is 2.03 bits per heavy atom. The number of hydrogen-bond acceptors (Lipinski definition) is 5. The van der Waals surface area contributed by atoms with Crippen LogP contribution in [0.25, 0.3) is 5.65 Å². The van der Waals surface area contributed by atoms with Crippen molar-refractivity contribution in [3.8, 4) is 0 Å². The summed E-state index contributed by atoms with van der Waals surface area (Å²) in [5.41, 5.74) is 2.25. The Morgan fingerprint density at radius 1 is 1.30 bits per heavy atom. The average molecular weight is 427 g/mol. The minimum Gasteiger partial charge on any atom is -0.363 e. The Labute approximate surface area is 179 Å². The van der Waals surface area contributed by atoms with Crippen LogP contribution in [0.15, 0.2) is 36.5 Å². The minimum atomic E-state index is -0.306. The molecule has 1 saturated heterocycles. The summed E-state index contributed by atoms with van der Waals surface area (Å²) in [4.78, 5) is 33.6. The van der Waals surface area contributed by atoms with E-state index in [0.717, 1.165) is 11.5 Å². The van der Waals surface area contributed by atoms with Crippen LogP contribution in [0.4, 0.5) is 11.5 Å². The van der Waals surface area contributed by atoms with Crippen molar-refractivity contribution in [1.29, 1.82) is 0 Å². The van der Waals surface area contributed by atoms with Gasteiger partial charge in [0.1, 0.15) is 11.4 Å². The predicted octanol–water partition coefficient (Wildman–Crippen LogP) is 3.04. The van der Waals surface area contributed by atoms with Crippen molar-refractivity contribution >= 4 is 40.6 Å². The number of likely N-dealkylation sites (tertiary alicyclic amines) is 1. The van der Waals surface area contributed by atoms with Gasteiger partial charge in [0, 0.05) is 56.3 Å². The van der Waals surface area contributed by atoms with Crippen LogP contribution in [0.5, 0.6) is 0 Å². The first kappa shape index (κ1) is 20.2. The molecule has 0 aliphatic carbocycles. The first-order chi connectivity index (χ1) is 14.4. The normalized spacial score (nSPS) is 16.3. The highest BCUT2D eigenvalue weighted by Gasteiger charge is 2.31. The molecule has 0 radical (unpaired) electrons. The Hall–Kier alpha value is -3.13. The maximum absolute atomic E-state index is 12.9. The number of rotatable bonds is 5. The van der Waals surface area contributed by atoms with Gasteiger partial charge in [-0.2, -0.15) is 9.61 Å². The fraction of sp³-hybridized carbons (Fsp3) is 0.333. The molecule has 9 heteroatoms. The molecule has 0 unspecified atom stereocenters. The molecular weight excluding hydrogens is 404 g/mol. The van der Waals surface area contributed by atoms with E-state index in [1.165, 1.54) is 6.20 Å². The molecular formula is C21H23ClN6O2. The first-order valence-corrected chi connectivity index (χ1v) is 10.2. The number of nitrogens with one attached hydrogen (secondary N) is 1. The van der Waals surface area contributed by atoms with Crippen molar-refractivity contribution in [2.24, 2.45) is 0 Å². The third-order valence-electron chi connectivity index (χ3n) is 5.29. The summed E-state index contributed by atoms with van der Waals surface area (Å²) >= 11 is 5.92. The van der Waals surface area contributed by atoms with E-state index in [1.54, 1.807) is 28.8 Å². The molecule has 1 atom stereocenters. The van der Waals surface area contributed by atoms with E-state index in [4.69, 9.17) is 16.6 Å². The predicted molar refractivity (Wildman–Crippen MR) is 116 cm³/mol. The van der Waals surface area contributed by atoms with Gasteiger partial charge in [-0.1, -0.05) is 11.6 Å².